The summed E-state index contributed by atoms with van der Waals surface area (Å²) in [6.07, 6.45) is 0.289. The third-order valence-electron chi connectivity index (χ3n) is 2.28. The van der Waals surface area contributed by atoms with Gasteiger partial charge in [0.05, 0.1) is 12.1 Å². The average molecular weight is 255 g/mol. The van der Waals surface area contributed by atoms with Crippen LogP contribution in [0.15, 0.2) is 5.38 Å². The molecule has 6 heteroatoms. The van der Waals surface area contributed by atoms with E-state index in [1.165, 1.54) is 18.3 Å². The zero-order chi connectivity index (χ0) is 12.8. The molecule has 5 nitrogen and oxygen atoms in total. The van der Waals surface area contributed by atoms with Gasteiger partial charge in [0, 0.05) is 25.4 Å². The molecule has 0 unspecified atom stereocenters. The third-order valence-corrected chi connectivity index (χ3v) is 3.09. The number of aromatic nitrogens is 1. The molecule has 0 saturated carbocycles. The number of nitrogens with zero attached hydrogens (tertiary/aromatic N) is 2. The highest BCUT2D eigenvalue weighted by atomic mass is 32.1. The van der Waals surface area contributed by atoms with Crippen molar-refractivity contribution >= 4 is 28.3 Å². The van der Waals surface area contributed by atoms with E-state index >= 15 is 0 Å². The molecule has 17 heavy (non-hydrogen) atoms. The van der Waals surface area contributed by atoms with E-state index in [9.17, 15) is 9.59 Å². The van der Waals surface area contributed by atoms with E-state index in [4.69, 9.17) is 0 Å². The molecule has 1 rings (SSSR count). The first-order valence-corrected chi connectivity index (χ1v) is 6.44. The predicted octanol–water partition coefficient (Wildman–Crippen LogP) is 1.51. The van der Waals surface area contributed by atoms with Crippen molar-refractivity contribution in [3.05, 3.63) is 11.1 Å². The molecule has 0 aliphatic heterocycles. The number of carbonyl (C=O) groups is 2. The molecule has 0 spiro atoms. The summed E-state index contributed by atoms with van der Waals surface area (Å²) in [5.74, 6) is -0.0874. The van der Waals surface area contributed by atoms with Crippen LogP contribution >= 0.6 is 11.3 Å². The van der Waals surface area contributed by atoms with Gasteiger partial charge in [0.15, 0.2) is 5.13 Å². The number of nitrogens with one attached hydrogen (secondary N) is 1. The highest BCUT2D eigenvalue weighted by Gasteiger charge is 2.12. The van der Waals surface area contributed by atoms with Crippen LogP contribution in [-0.2, 0) is 16.0 Å². The Balaban J connectivity index is 2.59. The van der Waals surface area contributed by atoms with Crippen LogP contribution in [0, 0.1) is 0 Å². The number of rotatable bonds is 5. The number of hydrogen-bond acceptors (Lipinski definition) is 4. The van der Waals surface area contributed by atoms with Crippen LogP contribution in [0.3, 0.4) is 0 Å². The minimum absolute atomic E-state index is 0.0645. The summed E-state index contributed by atoms with van der Waals surface area (Å²) in [6.45, 7) is 6.74. The molecule has 0 aliphatic rings. The van der Waals surface area contributed by atoms with E-state index in [0.717, 1.165) is 0 Å². The highest BCUT2D eigenvalue weighted by molar-refractivity contribution is 7.13. The van der Waals surface area contributed by atoms with Crippen molar-refractivity contribution in [3.8, 4) is 0 Å². The van der Waals surface area contributed by atoms with E-state index < -0.39 is 0 Å². The van der Waals surface area contributed by atoms with Crippen LogP contribution < -0.4 is 5.32 Å². The molecular formula is C11H17N3O2S. The topological polar surface area (TPSA) is 62.3 Å². The smallest absolute Gasteiger partial charge is 0.228 e. The molecule has 0 aliphatic carbocycles. The Morgan fingerprint density at radius 3 is 2.59 bits per heavy atom. The SMILES string of the molecule is CCN(CC)C(=O)Cc1csc(NC(C)=O)n1. The lowest BCUT2D eigenvalue weighted by molar-refractivity contribution is -0.130. The van der Waals surface area contributed by atoms with Gasteiger partial charge in [0.1, 0.15) is 0 Å². The standard InChI is InChI=1S/C11H17N3O2S/c1-4-14(5-2)10(16)6-9-7-17-11(13-9)12-8(3)15/h7H,4-6H2,1-3H3,(H,12,13,15). The van der Waals surface area contributed by atoms with E-state index in [1.807, 2.05) is 13.8 Å². The van der Waals surface area contributed by atoms with Gasteiger partial charge in [-0.1, -0.05) is 0 Å². The molecule has 1 N–H and O–H groups in total. The lowest BCUT2D eigenvalue weighted by Gasteiger charge is -2.17. The first-order valence-electron chi connectivity index (χ1n) is 5.56. The van der Waals surface area contributed by atoms with E-state index in [0.29, 0.717) is 23.9 Å². The van der Waals surface area contributed by atoms with Gasteiger partial charge in [0.25, 0.3) is 0 Å². The Labute approximate surface area is 105 Å². The minimum atomic E-state index is -0.152. The molecule has 0 atom stereocenters. The lowest BCUT2D eigenvalue weighted by atomic mass is 10.3. The summed E-state index contributed by atoms with van der Waals surface area (Å²) in [6, 6.07) is 0. The second-order valence-electron chi connectivity index (χ2n) is 3.57. The Morgan fingerprint density at radius 2 is 2.06 bits per heavy atom. The van der Waals surface area contributed by atoms with Gasteiger partial charge in [-0.3, -0.25) is 9.59 Å². The highest BCUT2D eigenvalue weighted by Crippen LogP contribution is 2.16. The molecule has 2 amide bonds. The zero-order valence-corrected chi connectivity index (χ0v) is 11.1. The van der Waals surface area contributed by atoms with E-state index in [2.05, 4.69) is 10.3 Å². The summed E-state index contributed by atoms with van der Waals surface area (Å²) >= 11 is 1.33. The van der Waals surface area contributed by atoms with Crippen LogP contribution in [-0.4, -0.2) is 34.8 Å². The van der Waals surface area contributed by atoms with Crippen molar-refractivity contribution in [2.24, 2.45) is 0 Å². The van der Waals surface area contributed by atoms with Crippen molar-refractivity contribution in [1.29, 1.82) is 0 Å². The van der Waals surface area contributed by atoms with Crippen LogP contribution in [0.1, 0.15) is 26.5 Å². The maximum atomic E-state index is 11.8. The minimum Gasteiger partial charge on any atom is -0.343 e. The number of carbonyl (C=O) groups excluding carboxylic acids is 2. The van der Waals surface area contributed by atoms with Crippen molar-refractivity contribution in [2.75, 3.05) is 18.4 Å². The fourth-order valence-corrected chi connectivity index (χ4v) is 2.20. The molecule has 1 heterocycles. The molecule has 0 radical (unpaired) electrons. The van der Waals surface area contributed by atoms with Crippen LogP contribution in [0.4, 0.5) is 5.13 Å². The predicted molar refractivity (Wildman–Crippen MR) is 68.0 cm³/mol. The second kappa shape index (κ2) is 6.34. The van der Waals surface area contributed by atoms with Crippen molar-refractivity contribution in [2.45, 2.75) is 27.2 Å². The molecule has 1 aromatic rings. The second-order valence-corrected chi connectivity index (χ2v) is 4.43. The van der Waals surface area contributed by atoms with Crippen molar-refractivity contribution in [3.63, 3.8) is 0 Å². The number of anilines is 1. The number of amides is 2. The van der Waals surface area contributed by atoms with Gasteiger partial charge < -0.3 is 10.2 Å². The quantitative estimate of drug-likeness (QED) is 0.867. The molecule has 0 fully saturated rings. The van der Waals surface area contributed by atoms with Crippen LogP contribution in [0.2, 0.25) is 0 Å². The Bertz CT molecular complexity index is 399. The average Bonchev–Trinajstić information content (AvgIpc) is 2.66. The van der Waals surface area contributed by atoms with E-state index in [1.54, 1.807) is 10.3 Å². The van der Waals surface area contributed by atoms with Gasteiger partial charge in [-0.25, -0.2) is 4.98 Å². The monoisotopic (exact) mass is 255 g/mol. The third kappa shape index (κ3) is 4.14. The van der Waals surface area contributed by atoms with Gasteiger partial charge >= 0.3 is 0 Å². The van der Waals surface area contributed by atoms with Crippen LogP contribution in [0.25, 0.3) is 0 Å². The maximum absolute atomic E-state index is 11.8. The molecule has 1 aromatic heterocycles. The number of thiazole rings is 1. The van der Waals surface area contributed by atoms with Crippen LogP contribution in [0.5, 0.6) is 0 Å². The fraction of sp³-hybridized carbons (Fsp3) is 0.545. The molecule has 0 saturated heterocycles. The summed E-state index contributed by atoms with van der Waals surface area (Å²) in [5.41, 5.74) is 0.704. The summed E-state index contributed by atoms with van der Waals surface area (Å²) in [7, 11) is 0. The van der Waals surface area contributed by atoms with Gasteiger partial charge in [-0.15, -0.1) is 11.3 Å². The Kier molecular flexibility index (Phi) is 5.09. The zero-order valence-electron chi connectivity index (χ0n) is 10.3. The van der Waals surface area contributed by atoms with Crippen molar-refractivity contribution in [1.82, 2.24) is 9.88 Å². The van der Waals surface area contributed by atoms with Gasteiger partial charge in [0.2, 0.25) is 11.8 Å². The van der Waals surface area contributed by atoms with E-state index in [-0.39, 0.29) is 18.2 Å². The summed E-state index contributed by atoms with van der Waals surface area (Å²) in [5, 5.41) is 4.94. The normalized spacial score (nSPS) is 10.1. The molecular weight excluding hydrogens is 238 g/mol. The Morgan fingerprint density at radius 1 is 1.41 bits per heavy atom. The molecule has 0 aromatic carbocycles. The molecule has 0 bridgehead atoms. The molecule has 94 valence electrons. The fourth-order valence-electron chi connectivity index (χ4n) is 1.44. The largest absolute Gasteiger partial charge is 0.343 e. The first-order chi connectivity index (χ1) is 8.06. The number of likely N-dealkylation sites (N-methyl/N-ethyl adjacent to an activating group) is 1. The number of hydrogen-bond donors (Lipinski definition) is 1. The Hall–Kier alpha value is -1.43. The summed E-state index contributed by atoms with van der Waals surface area (Å²) < 4.78 is 0. The lowest BCUT2D eigenvalue weighted by Crippen LogP contribution is -2.31. The summed E-state index contributed by atoms with van der Waals surface area (Å²) in [4.78, 5) is 28.6. The van der Waals surface area contributed by atoms with Crippen molar-refractivity contribution < 1.29 is 9.59 Å². The first kappa shape index (κ1) is 13.6. The maximum Gasteiger partial charge on any atom is 0.228 e. The van der Waals surface area contributed by atoms with Gasteiger partial charge in [-0.05, 0) is 13.8 Å². The van der Waals surface area contributed by atoms with Gasteiger partial charge in [-0.2, -0.15) is 0 Å².